The highest BCUT2D eigenvalue weighted by molar-refractivity contribution is 5.39. The molecule has 2 fully saturated rings. The molecule has 3 rings (SSSR count). The summed E-state index contributed by atoms with van der Waals surface area (Å²) in [7, 11) is 0. The van der Waals surface area contributed by atoms with Crippen LogP contribution in [0, 0.1) is 11.8 Å². The molecule has 2 aliphatic heterocycles. The molecule has 3 atom stereocenters. The lowest BCUT2D eigenvalue weighted by atomic mass is 9.95. The van der Waals surface area contributed by atoms with Crippen LogP contribution < -0.4 is 15.8 Å². The first-order valence-corrected chi connectivity index (χ1v) is 5.78. The Balaban J connectivity index is 1.92. The summed E-state index contributed by atoms with van der Waals surface area (Å²) in [5.41, 5.74) is -0.0812. The van der Waals surface area contributed by atoms with Crippen LogP contribution in [0.3, 0.4) is 0 Å². The van der Waals surface area contributed by atoms with Crippen molar-refractivity contribution in [3.05, 3.63) is 22.7 Å². The Kier molecular flexibility index (Phi) is 2.21. The second kappa shape index (κ2) is 3.59. The standard InChI is InChI=1S/C11H16N4O/c1-7-9-5-12-4-8(9)6-15(7)10-11(16)14-3-2-13-10/h2-3,7-9,12H,4-6H2,1H3,(H,14,16). The van der Waals surface area contributed by atoms with Gasteiger partial charge in [-0.25, -0.2) is 4.98 Å². The molecule has 2 aliphatic rings. The number of H-pyrrole nitrogens is 1. The molecule has 0 amide bonds. The van der Waals surface area contributed by atoms with E-state index in [0.717, 1.165) is 19.6 Å². The number of hydrogen-bond acceptors (Lipinski definition) is 4. The van der Waals surface area contributed by atoms with Crippen LogP contribution in [0.5, 0.6) is 0 Å². The van der Waals surface area contributed by atoms with Crippen LogP contribution in [0.4, 0.5) is 5.82 Å². The molecule has 3 heterocycles. The van der Waals surface area contributed by atoms with E-state index < -0.39 is 0 Å². The Morgan fingerprint density at radius 2 is 2.38 bits per heavy atom. The van der Waals surface area contributed by atoms with Crippen LogP contribution >= 0.6 is 0 Å². The summed E-state index contributed by atoms with van der Waals surface area (Å²) in [4.78, 5) is 20.7. The second-order valence-electron chi connectivity index (χ2n) is 4.72. The van der Waals surface area contributed by atoms with Gasteiger partial charge in [0.2, 0.25) is 0 Å². The second-order valence-corrected chi connectivity index (χ2v) is 4.72. The van der Waals surface area contributed by atoms with Crippen molar-refractivity contribution >= 4 is 5.82 Å². The number of fused-ring (bicyclic) bond motifs is 1. The zero-order valence-corrected chi connectivity index (χ0v) is 9.31. The SMILES string of the molecule is CC1C2CNCC2CN1c1ncc[nH]c1=O. The average molecular weight is 220 g/mol. The molecule has 0 aliphatic carbocycles. The van der Waals surface area contributed by atoms with E-state index in [1.165, 1.54) is 0 Å². The van der Waals surface area contributed by atoms with Gasteiger partial charge in [0.25, 0.3) is 5.56 Å². The van der Waals surface area contributed by atoms with Gasteiger partial charge in [-0.15, -0.1) is 0 Å². The first-order chi connectivity index (χ1) is 7.77. The molecule has 0 saturated carbocycles. The zero-order chi connectivity index (χ0) is 11.1. The number of anilines is 1. The van der Waals surface area contributed by atoms with Gasteiger partial charge in [0.05, 0.1) is 0 Å². The highest BCUT2D eigenvalue weighted by atomic mass is 16.1. The Labute approximate surface area is 93.9 Å². The van der Waals surface area contributed by atoms with E-state index in [0.29, 0.717) is 23.7 Å². The highest BCUT2D eigenvalue weighted by Crippen LogP contribution is 2.33. The number of aromatic nitrogens is 2. The lowest BCUT2D eigenvalue weighted by Gasteiger charge is -2.24. The zero-order valence-electron chi connectivity index (χ0n) is 9.31. The normalized spacial score (nSPS) is 33.1. The Morgan fingerprint density at radius 3 is 3.12 bits per heavy atom. The molecule has 2 saturated heterocycles. The van der Waals surface area contributed by atoms with Gasteiger partial charge in [-0.2, -0.15) is 0 Å². The first kappa shape index (κ1) is 9.84. The van der Waals surface area contributed by atoms with Crippen LogP contribution in [0.1, 0.15) is 6.92 Å². The maximum atomic E-state index is 11.7. The van der Waals surface area contributed by atoms with Crippen LogP contribution in [0.15, 0.2) is 17.2 Å². The van der Waals surface area contributed by atoms with Crippen LogP contribution in [0.2, 0.25) is 0 Å². The maximum Gasteiger partial charge on any atom is 0.290 e. The van der Waals surface area contributed by atoms with E-state index in [4.69, 9.17) is 0 Å². The largest absolute Gasteiger partial charge is 0.349 e. The smallest absolute Gasteiger partial charge is 0.290 e. The number of hydrogen-bond donors (Lipinski definition) is 2. The molecule has 0 radical (unpaired) electrons. The molecule has 1 aromatic heterocycles. The van der Waals surface area contributed by atoms with E-state index in [-0.39, 0.29) is 5.56 Å². The summed E-state index contributed by atoms with van der Waals surface area (Å²) >= 11 is 0. The molecule has 1 aromatic rings. The molecule has 5 heteroatoms. The Bertz CT molecular complexity index is 444. The molecule has 5 nitrogen and oxygen atoms in total. The molecule has 0 spiro atoms. The van der Waals surface area contributed by atoms with Crippen molar-refractivity contribution < 1.29 is 0 Å². The van der Waals surface area contributed by atoms with Crippen LogP contribution in [-0.2, 0) is 0 Å². The molecule has 3 unspecified atom stereocenters. The summed E-state index contributed by atoms with van der Waals surface area (Å²) in [5.74, 6) is 1.89. The van der Waals surface area contributed by atoms with Gasteiger partial charge >= 0.3 is 0 Å². The van der Waals surface area contributed by atoms with Crippen molar-refractivity contribution in [1.29, 1.82) is 0 Å². The lowest BCUT2D eigenvalue weighted by Crippen LogP contribution is -2.37. The average Bonchev–Trinajstić information content (AvgIpc) is 2.83. The van der Waals surface area contributed by atoms with Crippen molar-refractivity contribution in [3.63, 3.8) is 0 Å². The minimum absolute atomic E-state index is 0.0812. The number of rotatable bonds is 1. The monoisotopic (exact) mass is 220 g/mol. The van der Waals surface area contributed by atoms with Crippen molar-refractivity contribution in [2.24, 2.45) is 11.8 Å². The fourth-order valence-electron chi connectivity index (χ4n) is 3.00. The first-order valence-electron chi connectivity index (χ1n) is 5.78. The van der Waals surface area contributed by atoms with Gasteiger partial charge in [0, 0.05) is 38.1 Å². The third-order valence-corrected chi connectivity index (χ3v) is 3.90. The van der Waals surface area contributed by atoms with Gasteiger partial charge in [0.1, 0.15) is 0 Å². The molecule has 2 N–H and O–H groups in total. The van der Waals surface area contributed by atoms with E-state index in [9.17, 15) is 4.79 Å². The lowest BCUT2D eigenvalue weighted by molar-refractivity contribution is 0.471. The van der Waals surface area contributed by atoms with Gasteiger partial charge in [-0.05, 0) is 18.8 Å². The van der Waals surface area contributed by atoms with Crippen molar-refractivity contribution in [1.82, 2.24) is 15.3 Å². The number of nitrogens with one attached hydrogen (secondary N) is 2. The molecule has 86 valence electrons. The summed E-state index contributed by atoms with van der Waals surface area (Å²) in [6.07, 6.45) is 3.23. The van der Waals surface area contributed by atoms with Gasteiger partial charge < -0.3 is 15.2 Å². The maximum absolute atomic E-state index is 11.7. The molecular formula is C11H16N4O. The molecule has 16 heavy (non-hydrogen) atoms. The van der Waals surface area contributed by atoms with E-state index in [1.54, 1.807) is 12.4 Å². The van der Waals surface area contributed by atoms with Gasteiger partial charge in [-0.1, -0.05) is 0 Å². The molecule has 0 aromatic carbocycles. The van der Waals surface area contributed by atoms with Gasteiger partial charge in [0.15, 0.2) is 5.82 Å². The minimum atomic E-state index is -0.0812. The fraction of sp³-hybridized carbons (Fsp3) is 0.636. The summed E-state index contributed by atoms with van der Waals surface area (Å²) in [6.45, 7) is 5.26. The third kappa shape index (κ3) is 1.35. The van der Waals surface area contributed by atoms with Crippen molar-refractivity contribution in [3.8, 4) is 0 Å². The topological polar surface area (TPSA) is 61.0 Å². The van der Waals surface area contributed by atoms with Crippen molar-refractivity contribution in [2.45, 2.75) is 13.0 Å². The summed E-state index contributed by atoms with van der Waals surface area (Å²) in [6, 6.07) is 0.399. The van der Waals surface area contributed by atoms with E-state index in [1.807, 2.05) is 0 Å². The number of aromatic amines is 1. The van der Waals surface area contributed by atoms with E-state index >= 15 is 0 Å². The Hall–Kier alpha value is -1.36. The predicted octanol–water partition coefficient (Wildman–Crippen LogP) is -0.186. The predicted molar refractivity (Wildman–Crippen MR) is 61.5 cm³/mol. The number of nitrogens with zero attached hydrogens (tertiary/aromatic N) is 2. The minimum Gasteiger partial charge on any atom is -0.349 e. The fourth-order valence-corrected chi connectivity index (χ4v) is 3.00. The molecular weight excluding hydrogens is 204 g/mol. The molecule has 0 bridgehead atoms. The Morgan fingerprint density at radius 1 is 1.50 bits per heavy atom. The van der Waals surface area contributed by atoms with Gasteiger partial charge in [-0.3, -0.25) is 4.79 Å². The third-order valence-electron chi connectivity index (χ3n) is 3.90. The summed E-state index contributed by atoms with van der Waals surface area (Å²) < 4.78 is 0. The summed E-state index contributed by atoms with van der Waals surface area (Å²) in [5, 5.41) is 3.41. The van der Waals surface area contributed by atoms with E-state index in [2.05, 4.69) is 27.1 Å². The highest BCUT2D eigenvalue weighted by Gasteiger charge is 2.42. The van der Waals surface area contributed by atoms with Crippen LogP contribution in [-0.4, -0.2) is 35.6 Å². The van der Waals surface area contributed by atoms with Crippen LogP contribution in [0.25, 0.3) is 0 Å². The van der Waals surface area contributed by atoms with Crippen molar-refractivity contribution in [2.75, 3.05) is 24.5 Å². The quantitative estimate of drug-likeness (QED) is 0.689.